The van der Waals surface area contributed by atoms with E-state index in [1.807, 2.05) is 20.8 Å². The first kappa shape index (κ1) is 18.6. The first-order chi connectivity index (χ1) is 11.3. The van der Waals surface area contributed by atoms with E-state index in [1.165, 1.54) is 12.1 Å². The zero-order valence-electron chi connectivity index (χ0n) is 14.2. The summed E-state index contributed by atoms with van der Waals surface area (Å²) in [6, 6.07) is 6.32. The lowest BCUT2D eigenvalue weighted by molar-refractivity contribution is -0.142. The van der Waals surface area contributed by atoms with Gasteiger partial charge in [0.05, 0.1) is 18.8 Å². The van der Waals surface area contributed by atoms with Crippen molar-refractivity contribution in [3.05, 3.63) is 29.8 Å². The highest BCUT2D eigenvalue weighted by Gasteiger charge is 2.25. The summed E-state index contributed by atoms with van der Waals surface area (Å²) in [6.45, 7) is 4.40. The van der Waals surface area contributed by atoms with E-state index in [0.717, 1.165) is 5.56 Å². The van der Waals surface area contributed by atoms with Crippen LogP contribution in [0.4, 0.5) is 8.78 Å². The molecule has 1 aromatic rings. The van der Waals surface area contributed by atoms with Gasteiger partial charge >= 0.3 is 6.61 Å². The summed E-state index contributed by atoms with van der Waals surface area (Å²) in [6.07, 6.45) is 0.0787. The molecule has 24 heavy (non-hydrogen) atoms. The van der Waals surface area contributed by atoms with Crippen molar-refractivity contribution in [3.63, 3.8) is 0 Å². The minimum atomic E-state index is -2.83. The molecule has 1 aromatic carbocycles. The molecular formula is C17H24F2N2O3. The molecule has 134 valence electrons. The molecule has 0 aromatic heterocycles. The zero-order chi connectivity index (χ0) is 17.7. The highest BCUT2D eigenvalue weighted by Crippen LogP contribution is 2.19. The van der Waals surface area contributed by atoms with Gasteiger partial charge in [-0.15, -0.1) is 0 Å². The van der Waals surface area contributed by atoms with E-state index >= 15 is 0 Å². The lowest BCUT2D eigenvalue weighted by Crippen LogP contribution is -2.50. The van der Waals surface area contributed by atoms with Crippen molar-refractivity contribution in [1.82, 2.24) is 10.2 Å². The third-order valence-electron chi connectivity index (χ3n) is 3.94. The Morgan fingerprint density at radius 2 is 1.88 bits per heavy atom. The SMILES string of the molecule is C[C@@H]1CN(C(=O)CN[C@H](C)c2ccc(OC(F)F)cc2)C[C@@H](C)O1. The van der Waals surface area contributed by atoms with Crippen LogP contribution in [0.25, 0.3) is 0 Å². The Balaban J connectivity index is 1.83. The third kappa shape index (κ3) is 5.42. The van der Waals surface area contributed by atoms with Crippen LogP contribution in [0.2, 0.25) is 0 Å². The van der Waals surface area contributed by atoms with E-state index in [0.29, 0.717) is 13.1 Å². The number of nitrogens with zero attached hydrogens (tertiary/aromatic N) is 1. The molecule has 0 aliphatic carbocycles. The number of hydrogen-bond acceptors (Lipinski definition) is 4. The van der Waals surface area contributed by atoms with Crippen molar-refractivity contribution in [2.45, 2.75) is 45.6 Å². The second-order valence-corrected chi connectivity index (χ2v) is 6.11. The summed E-state index contributed by atoms with van der Waals surface area (Å²) in [7, 11) is 0. The van der Waals surface area contributed by atoms with Crippen LogP contribution in [0.1, 0.15) is 32.4 Å². The van der Waals surface area contributed by atoms with Gasteiger partial charge < -0.3 is 19.7 Å². The molecule has 1 aliphatic heterocycles. The van der Waals surface area contributed by atoms with Crippen molar-refractivity contribution in [2.24, 2.45) is 0 Å². The quantitative estimate of drug-likeness (QED) is 0.863. The Labute approximate surface area is 140 Å². The molecule has 1 aliphatic rings. The van der Waals surface area contributed by atoms with Crippen LogP contribution >= 0.6 is 0 Å². The number of hydrogen-bond donors (Lipinski definition) is 1. The highest BCUT2D eigenvalue weighted by atomic mass is 19.3. The van der Waals surface area contributed by atoms with E-state index in [1.54, 1.807) is 17.0 Å². The lowest BCUT2D eigenvalue weighted by Gasteiger charge is -2.35. The topological polar surface area (TPSA) is 50.8 Å². The van der Waals surface area contributed by atoms with E-state index < -0.39 is 6.61 Å². The predicted molar refractivity (Wildman–Crippen MR) is 86.1 cm³/mol. The molecule has 2 rings (SSSR count). The summed E-state index contributed by atoms with van der Waals surface area (Å²) in [5, 5.41) is 3.16. The summed E-state index contributed by atoms with van der Waals surface area (Å²) in [4.78, 5) is 14.1. The fraction of sp³-hybridized carbons (Fsp3) is 0.588. The van der Waals surface area contributed by atoms with Gasteiger partial charge in [0, 0.05) is 19.1 Å². The number of amides is 1. The van der Waals surface area contributed by atoms with E-state index in [9.17, 15) is 13.6 Å². The van der Waals surface area contributed by atoms with Crippen LogP contribution in [0, 0.1) is 0 Å². The Kier molecular flexibility index (Phi) is 6.51. The molecule has 5 nitrogen and oxygen atoms in total. The van der Waals surface area contributed by atoms with Crippen molar-refractivity contribution < 1.29 is 23.0 Å². The molecule has 1 fully saturated rings. The molecule has 0 saturated carbocycles. The molecule has 1 saturated heterocycles. The van der Waals surface area contributed by atoms with Crippen molar-refractivity contribution in [1.29, 1.82) is 0 Å². The van der Waals surface area contributed by atoms with Crippen molar-refractivity contribution >= 4 is 5.91 Å². The minimum absolute atomic E-state index is 0.0292. The average Bonchev–Trinajstić information content (AvgIpc) is 2.51. The average molecular weight is 342 g/mol. The number of halogens is 2. The molecule has 0 unspecified atom stereocenters. The Morgan fingerprint density at radius 3 is 2.42 bits per heavy atom. The predicted octanol–water partition coefficient (Wildman–Crippen LogP) is 2.57. The first-order valence-electron chi connectivity index (χ1n) is 8.06. The molecule has 7 heteroatoms. The van der Waals surface area contributed by atoms with Gasteiger partial charge in [0.2, 0.25) is 5.91 Å². The van der Waals surface area contributed by atoms with Gasteiger partial charge in [-0.3, -0.25) is 4.79 Å². The molecule has 0 radical (unpaired) electrons. The lowest BCUT2D eigenvalue weighted by atomic mass is 10.1. The second-order valence-electron chi connectivity index (χ2n) is 6.11. The fourth-order valence-corrected chi connectivity index (χ4v) is 2.79. The zero-order valence-corrected chi connectivity index (χ0v) is 14.2. The number of morpholine rings is 1. The maximum atomic E-state index is 12.3. The summed E-state index contributed by atoms with van der Waals surface area (Å²) in [5.74, 6) is 0.148. The van der Waals surface area contributed by atoms with Gasteiger partial charge in [0.25, 0.3) is 0 Å². The Morgan fingerprint density at radius 1 is 1.29 bits per heavy atom. The van der Waals surface area contributed by atoms with Crippen LogP contribution in [-0.4, -0.2) is 49.3 Å². The fourth-order valence-electron chi connectivity index (χ4n) is 2.79. The number of nitrogens with one attached hydrogen (secondary N) is 1. The van der Waals surface area contributed by atoms with E-state index in [-0.39, 0.29) is 36.5 Å². The van der Waals surface area contributed by atoms with Crippen LogP contribution in [0.15, 0.2) is 24.3 Å². The van der Waals surface area contributed by atoms with E-state index in [4.69, 9.17) is 4.74 Å². The number of benzene rings is 1. The number of carbonyl (C=O) groups is 1. The molecule has 1 amide bonds. The number of ether oxygens (including phenoxy) is 2. The maximum Gasteiger partial charge on any atom is 0.387 e. The van der Waals surface area contributed by atoms with Crippen molar-refractivity contribution in [3.8, 4) is 5.75 Å². The van der Waals surface area contributed by atoms with Crippen LogP contribution in [-0.2, 0) is 9.53 Å². The normalized spacial score (nSPS) is 22.5. The highest BCUT2D eigenvalue weighted by molar-refractivity contribution is 5.78. The van der Waals surface area contributed by atoms with E-state index in [2.05, 4.69) is 10.1 Å². The Bertz CT molecular complexity index is 529. The van der Waals surface area contributed by atoms with Crippen molar-refractivity contribution in [2.75, 3.05) is 19.6 Å². The van der Waals surface area contributed by atoms with Gasteiger partial charge in [-0.25, -0.2) is 0 Å². The smallest absolute Gasteiger partial charge is 0.387 e. The second kappa shape index (κ2) is 8.39. The first-order valence-corrected chi connectivity index (χ1v) is 8.06. The van der Waals surface area contributed by atoms with Gasteiger partial charge in [0.1, 0.15) is 5.75 Å². The largest absolute Gasteiger partial charge is 0.435 e. The molecule has 3 atom stereocenters. The van der Waals surface area contributed by atoms with Gasteiger partial charge in [-0.05, 0) is 38.5 Å². The van der Waals surface area contributed by atoms with Gasteiger partial charge in [0.15, 0.2) is 0 Å². The standard InChI is InChI=1S/C17H24F2N2O3/c1-11-9-21(10-12(2)23-11)16(22)8-20-13(3)14-4-6-15(7-5-14)24-17(18)19/h4-7,11-13,17,20H,8-10H2,1-3H3/t11-,12-,13-/m1/s1. The molecule has 0 bridgehead atoms. The van der Waals surface area contributed by atoms with Crippen LogP contribution in [0.5, 0.6) is 5.75 Å². The third-order valence-corrected chi connectivity index (χ3v) is 3.94. The summed E-state index contributed by atoms with van der Waals surface area (Å²) >= 11 is 0. The maximum absolute atomic E-state index is 12.3. The van der Waals surface area contributed by atoms with Gasteiger partial charge in [-0.1, -0.05) is 12.1 Å². The molecular weight excluding hydrogens is 318 g/mol. The number of alkyl halides is 2. The number of rotatable bonds is 6. The molecule has 0 spiro atoms. The summed E-state index contributed by atoms with van der Waals surface area (Å²) in [5.41, 5.74) is 0.896. The minimum Gasteiger partial charge on any atom is -0.435 e. The van der Waals surface area contributed by atoms with Crippen LogP contribution in [0.3, 0.4) is 0 Å². The van der Waals surface area contributed by atoms with Crippen LogP contribution < -0.4 is 10.1 Å². The monoisotopic (exact) mass is 342 g/mol. The Hall–Kier alpha value is -1.73. The summed E-state index contributed by atoms with van der Waals surface area (Å²) < 4.78 is 34.2. The molecule has 1 heterocycles. The molecule has 1 N–H and O–H groups in total. The van der Waals surface area contributed by atoms with Gasteiger partial charge in [-0.2, -0.15) is 8.78 Å². The number of carbonyl (C=O) groups excluding carboxylic acids is 1.